The van der Waals surface area contributed by atoms with Crippen LogP contribution in [0.5, 0.6) is 5.75 Å². The predicted molar refractivity (Wildman–Crippen MR) is 112 cm³/mol. The molecular weight excluding hydrogens is 385 g/mol. The minimum atomic E-state index is 0.478. The molecule has 0 unspecified atom stereocenters. The van der Waals surface area contributed by atoms with Crippen molar-refractivity contribution in [2.45, 2.75) is 13.2 Å². The Morgan fingerprint density at radius 3 is 2.12 bits per heavy atom. The highest BCUT2D eigenvalue weighted by molar-refractivity contribution is 7.80. The number of benzene rings is 3. The van der Waals surface area contributed by atoms with Crippen molar-refractivity contribution in [3.63, 3.8) is 0 Å². The van der Waals surface area contributed by atoms with E-state index in [1.807, 2.05) is 72.8 Å². The largest absolute Gasteiger partial charge is 0.489 e. The molecule has 0 atom stereocenters. The van der Waals surface area contributed by atoms with E-state index in [1.54, 1.807) is 0 Å². The minimum absolute atomic E-state index is 0.478. The molecule has 0 radical (unpaired) electrons. The minimum Gasteiger partial charge on any atom is -0.489 e. The molecule has 0 amide bonds. The molecule has 5 heteroatoms. The molecule has 3 aromatic rings. The van der Waals surface area contributed by atoms with Gasteiger partial charge in [-0.1, -0.05) is 71.8 Å². The van der Waals surface area contributed by atoms with Gasteiger partial charge in [0.15, 0.2) is 0 Å². The van der Waals surface area contributed by atoms with E-state index in [0.29, 0.717) is 23.2 Å². The van der Waals surface area contributed by atoms with Crippen molar-refractivity contribution in [2.24, 2.45) is 0 Å². The molecule has 0 aliphatic heterocycles. The molecule has 1 N–H and O–H groups in total. The topological polar surface area (TPSA) is 21.3 Å². The SMILES string of the molecule is S=C(NCc1ccc(Cl)cc1)c1cccc(OCc2ccc(Cl)cc2)c1. The first kappa shape index (κ1) is 18.7. The Kier molecular flexibility index (Phi) is 6.51. The van der Waals surface area contributed by atoms with Crippen molar-refractivity contribution >= 4 is 40.4 Å². The lowest BCUT2D eigenvalue weighted by molar-refractivity contribution is 0.306. The first-order chi connectivity index (χ1) is 12.6. The average Bonchev–Trinajstić information content (AvgIpc) is 2.67. The zero-order chi connectivity index (χ0) is 18.4. The summed E-state index contributed by atoms with van der Waals surface area (Å²) in [7, 11) is 0. The summed E-state index contributed by atoms with van der Waals surface area (Å²) in [6, 6.07) is 23.0. The molecule has 2 nitrogen and oxygen atoms in total. The van der Waals surface area contributed by atoms with Gasteiger partial charge >= 0.3 is 0 Å². The number of halogens is 2. The summed E-state index contributed by atoms with van der Waals surface area (Å²) in [6.07, 6.45) is 0. The normalized spacial score (nSPS) is 10.4. The maximum atomic E-state index is 5.90. The van der Waals surface area contributed by atoms with Crippen LogP contribution in [-0.4, -0.2) is 4.99 Å². The van der Waals surface area contributed by atoms with Gasteiger partial charge in [0.2, 0.25) is 0 Å². The van der Waals surface area contributed by atoms with Crippen molar-refractivity contribution in [1.29, 1.82) is 0 Å². The van der Waals surface area contributed by atoms with Crippen LogP contribution in [0.15, 0.2) is 72.8 Å². The average molecular weight is 402 g/mol. The predicted octanol–water partition coefficient (Wildman–Crippen LogP) is 6.04. The van der Waals surface area contributed by atoms with Crippen LogP contribution in [0, 0.1) is 0 Å². The van der Waals surface area contributed by atoms with Gasteiger partial charge in [0, 0.05) is 22.2 Å². The zero-order valence-electron chi connectivity index (χ0n) is 13.9. The fourth-order valence-corrected chi connectivity index (χ4v) is 2.81. The smallest absolute Gasteiger partial charge is 0.120 e. The summed E-state index contributed by atoms with van der Waals surface area (Å²) in [5.74, 6) is 0.771. The second kappa shape index (κ2) is 9.04. The van der Waals surface area contributed by atoms with Crippen LogP contribution >= 0.6 is 35.4 Å². The molecule has 0 aromatic heterocycles. The van der Waals surface area contributed by atoms with Gasteiger partial charge < -0.3 is 10.1 Å². The third kappa shape index (κ3) is 5.46. The number of ether oxygens (including phenoxy) is 1. The Bertz CT molecular complexity index is 879. The summed E-state index contributed by atoms with van der Waals surface area (Å²) in [6.45, 7) is 1.12. The van der Waals surface area contributed by atoms with Crippen LogP contribution in [0.4, 0.5) is 0 Å². The molecule has 0 aliphatic carbocycles. The van der Waals surface area contributed by atoms with Crippen molar-refractivity contribution in [3.8, 4) is 5.75 Å². The Balaban J connectivity index is 1.58. The van der Waals surface area contributed by atoms with Crippen LogP contribution in [-0.2, 0) is 13.2 Å². The molecule has 0 heterocycles. The fourth-order valence-electron chi connectivity index (χ4n) is 2.36. The third-order valence-corrected chi connectivity index (χ3v) is 4.67. The summed E-state index contributed by atoms with van der Waals surface area (Å²) in [4.78, 5) is 0.678. The molecule has 0 spiro atoms. The highest BCUT2D eigenvalue weighted by Gasteiger charge is 2.04. The van der Waals surface area contributed by atoms with Crippen molar-refractivity contribution in [1.82, 2.24) is 5.32 Å². The second-order valence-electron chi connectivity index (χ2n) is 5.75. The van der Waals surface area contributed by atoms with Crippen molar-refractivity contribution < 1.29 is 4.74 Å². The lowest BCUT2D eigenvalue weighted by Crippen LogP contribution is -2.21. The fraction of sp³-hybridized carbons (Fsp3) is 0.0952. The van der Waals surface area contributed by atoms with Crippen LogP contribution in [0.1, 0.15) is 16.7 Å². The van der Waals surface area contributed by atoms with Crippen LogP contribution in [0.25, 0.3) is 0 Å². The standard InChI is InChI=1S/C21H17Cl2NOS/c22-18-8-4-15(5-9-18)13-24-21(26)17-2-1-3-20(12-17)25-14-16-6-10-19(23)11-7-16/h1-12H,13-14H2,(H,24,26). The molecule has 0 aliphatic rings. The number of hydrogen-bond donors (Lipinski definition) is 1. The van der Waals surface area contributed by atoms with Gasteiger partial charge in [0.25, 0.3) is 0 Å². The Labute approximate surface area is 168 Å². The monoisotopic (exact) mass is 401 g/mol. The van der Waals surface area contributed by atoms with Gasteiger partial charge in [-0.05, 0) is 47.5 Å². The second-order valence-corrected chi connectivity index (χ2v) is 7.03. The van der Waals surface area contributed by atoms with E-state index in [1.165, 1.54) is 0 Å². The van der Waals surface area contributed by atoms with E-state index in [2.05, 4.69) is 5.32 Å². The van der Waals surface area contributed by atoms with Gasteiger partial charge in [-0.3, -0.25) is 0 Å². The van der Waals surface area contributed by atoms with E-state index in [0.717, 1.165) is 27.5 Å². The maximum absolute atomic E-state index is 5.90. The molecular formula is C21H17Cl2NOS. The Hall–Kier alpha value is -2.07. The van der Waals surface area contributed by atoms with Crippen LogP contribution in [0.3, 0.4) is 0 Å². The Morgan fingerprint density at radius 1 is 0.846 bits per heavy atom. The number of hydrogen-bond acceptors (Lipinski definition) is 2. The molecule has 26 heavy (non-hydrogen) atoms. The highest BCUT2D eigenvalue weighted by atomic mass is 35.5. The first-order valence-electron chi connectivity index (χ1n) is 8.10. The summed E-state index contributed by atoms with van der Waals surface area (Å²) in [5.41, 5.74) is 3.10. The van der Waals surface area contributed by atoms with E-state index in [4.69, 9.17) is 40.2 Å². The highest BCUT2D eigenvalue weighted by Crippen LogP contribution is 2.17. The lowest BCUT2D eigenvalue weighted by atomic mass is 10.2. The number of nitrogens with one attached hydrogen (secondary N) is 1. The molecule has 0 saturated carbocycles. The van der Waals surface area contributed by atoms with E-state index in [9.17, 15) is 0 Å². The van der Waals surface area contributed by atoms with Crippen molar-refractivity contribution in [2.75, 3.05) is 0 Å². The summed E-state index contributed by atoms with van der Waals surface area (Å²) in [5, 5.41) is 4.70. The first-order valence-corrected chi connectivity index (χ1v) is 9.26. The zero-order valence-corrected chi connectivity index (χ0v) is 16.2. The van der Waals surface area contributed by atoms with Crippen LogP contribution in [0.2, 0.25) is 10.0 Å². The Morgan fingerprint density at radius 2 is 1.46 bits per heavy atom. The summed E-state index contributed by atoms with van der Waals surface area (Å²) >= 11 is 17.3. The summed E-state index contributed by atoms with van der Waals surface area (Å²) < 4.78 is 5.85. The molecule has 3 aromatic carbocycles. The van der Waals surface area contributed by atoms with E-state index >= 15 is 0 Å². The van der Waals surface area contributed by atoms with Gasteiger partial charge in [-0.2, -0.15) is 0 Å². The van der Waals surface area contributed by atoms with E-state index < -0.39 is 0 Å². The quantitative estimate of drug-likeness (QED) is 0.508. The molecule has 0 fully saturated rings. The molecule has 0 bridgehead atoms. The van der Waals surface area contributed by atoms with Gasteiger partial charge in [-0.15, -0.1) is 0 Å². The van der Waals surface area contributed by atoms with E-state index in [-0.39, 0.29) is 0 Å². The molecule has 0 saturated heterocycles. The maximum Gasteiger partial charge on any atom is 0.120 e. The number of rotatable bonds is 6. The molecule has 132 valence electrons. The van der Waals surface area contributed by atoms with Gasteiger partial charge in [0.05, 0.1) is 0 Å². The lowest BCUT2D eigenvalue weighted by Gasteiger charge is -2.11. The van der Waals surface area contributed by atoms with Crippen molar-refractivity contribution in [3.05, 3.63) is 99.5 Å². The molecule has 3 rings (SSSR count). The van der Waals surface area contributed by atoms with Gasteiger partial charge in [0.1, 0.15) is 17.3 Å². The van der Waals surface area contributed by atoms with Crippen LogP contribution < -0.4 is 10.1 Å². The number of thiocarbonyl (C=S) groups is 1. The van der Waals surface area contributed by atoms with Gasteiger partial charge in [-0.25, -0.2) is 0 Å². The third-order valence-electron chi connectivity index (χ3n) is 3.78.